The molecule has 1 heterocycles. The molecular formula is C24H21NO2. The number of nitrogens with zero attached hydrogens (tertiary/aromatic N) is 1. The summed E-state index contributed by atoms with van der Waals surface area (Å²) in [4.78, 5) is 13.6. The number of fused-ring (bicyclic) bond motifs is 1. The van der Waals surface area contributed by atoms with Crippen molar-refractivity contribution in [2.75, 3.05) is 7.11 Å². The lowest BCUT2D eigenvalue weighted by atomic mass is 9.98. The van der Waals surface area contributed by atoms with Gasteiger partial charge in [0.15, 0.2) is 0 Å². The summed E-state index contributed by atoms with van der Waals surface area (Å²) in [5.41, 5.74) is 3.79. The molecule has 0 saturated heterocycles. The van der Waals surface area contributed by atoms with Crippen LogP contribution in [0, 0.1) is 0 Å². The average molecular weight is 355 g/mol. The lowest BCUT2D eigenvalue weighted by Crippen LogP contribution is -2.22. The smallest absolute Gasteiger partial charge is 0.263 e. The Kier molecular flexibility index (Phi) is 4.51. The van der Waals surface area contributed by atoms with Crippen LogP contribution < -0.4 is 10.3 Å². The van der Waals surface area contributed by atoms with Crippen LogP contribution in [-0.4, -0.2) is 11.7 Å². The molecule has 3 aromatic carbocycles. The third-order valence-corrected chi connectivity index (χ3v) is 4.88. The SMILES string of the molecule is CCc1cc2cccc(-c3cccc(OC)c3)c2c(=O)n1-c1ccccc1. The number of pyridine rings is 1. The second-order valence-electron chi connectivity index (χ2n) is 6.47. The van der Waals surface area contributed by atoms with Gasteiger partial charge in [0.1, 0.15) is 5.75 Å². The summed E-state index contributed by atoms with van der Waals surface area (Å²) >= 11 is 0. The third kappa shape index (κ3) is 3.02. The van der Waals surface area contributed by atoms with Crippen LogP contribution in [0.25, 0.3) is 27.6 Å². The maximum absolute atomic E-state index is 13.6. The summed E-state index contributed by atoms with van der Waals surface area (Å²) in [6.45, 7) is 2.08. The molecule has 0 aliphatic heterocycles. The van der Waals surface area contributed by atoms with Crippen molar-refractivity contribution in [3.63, 3.8) is 0 Å². The minimum atomic E-state index is 0.00831. The molecule has 0 saturated carbocycles. The predicted octanol–water partition coefficient (Wildman–Crippen LogP) is 5.23. The molecule has 0 unspecified atom stereocenters. The van der Waals surface area contributed by atoms with Gasteiger partial charge in [0.25, 0.3) is 5.56 Å². The fourth-order valence-electron chi connectivity index (χ4n) is 3.57. The Morgan fingerprint density at radius 2 is 1.67 bits per heavy atom. The summed E-state index contributed by atoms with van der Waals surface area (Å²) < 4.78 is 7.19. The summed E-state index contributed by atoms with van der Waals surface area (Å²) in [6, 6.07) is 25.8. The van der Waals surface area contributed by atoms with Gasteiger partial charge in [-0.1, -0.05) is 55.5 Å². The lowest BCUT2D eigenvalue weighted by molar-refractivity contribution is 0.415. The van der Waals surface area contributed by atoms with Crippen LogP contribution in [0.1, 0.15) is 12.6 Å². The van der Waals surface area contributed by atoms with Crippen LogP contribution in [0.5, 0.6) is 5.75 Å². The van der Waals surface area contributed by atoms with Crippen LogP contribution in [0.3, 0.4) is 0 Å². The minimum Gasteiger partial charge on any atom is -0.497 e. The lowest BCUT2D eigenvalue weighted by Gasteiger charge is -2.15. The van der Waals surface area contributed by atoms with Crippen LogP contribution in [0.2, 0.25) is 0 Å². The molecule has 0 spiro atoms. The third-order valence-electron chi connectivity index (χ3n) is 4.88. The zero-order valence-electron chi connectivity index (χ0n) is 15.5. The van der Waals surface area contributed by atoms with Crippen LogP contribution in [0.15, 0.2) is 83.7 Å². The van der Waals surface area contributed by atoms with Crippen molar-refractivity contribution in [1.29, 1.82) is 0 Å². The van der Waals surface area contributed by atoms with Gasteiger partial charge in [-0.2, -0.15) is 0 Å². The van der Waals surface area contributed by atoms with Gasteiger partial charge >= 0.3 is 0 Å². The molecule has 0 fully saturated rings. The summed E-state index contributed by atoms with van der Waals surface area (Å²) in [7, 11) is 1.65. The monoisotopic (exact) mass is 355 g/mol. The van der Waals surface area contributed by atoms with E-state index in [1.54, 1.807) is 7.11 Å². The Balaban J connectivity index is 2.07. The Morgan fingerprint density at radius 1 is 0.889 bits per heavy atom. The van der Waals surface area contributed by atoms with Crippen molar-refractivity contribution in [3.05, 3.63) is 94.9 Å². The van der Waals surface area contributed by atoms with Gasteiger partial charge in [-0.05, 0) is 53.3 Å². The van der Waals surface area contributed by atoms with Crippen molar-refractivity contribution in [2.45, 2.75) is 13.3 Å². The number of methoxy groups -OCH3 is 1. The Labute approximate surface area is 158 Å². The zero-order chi connectivity index (χ0) is 18.8. The highest BCUT2D eigenvalue weighted by atomic mass is 16.5. The molecule has 134 valence electrons. The molecule has 0 radical (unpaired) electrons. The first-order valence-corrected chi connectivity index (χ1v) is 9.10. The van der Waals surface area contributed by atoms with Gasteiger partial charge in [0.2, 0.25) is 0 Å². The van der Waals surface area contributed by atoms with Gasteiger partial charge in [-0.15, -0.1) is 0 Å². The van der Waals surface area contributed by atoms with Crippen LogP contribution in [0.4, 0.5) is 0 Å². The van der Waals surface area contributed by atoms with E-state index in [1.165, 1.54) is 0 Å². The highest BCUT2D eigenvalue weighted by Gasteiger charge is 2.14. The molecule has 0 aliphatic rings. The molecule has 4 rings (SSSR count). The largest absolute Gasteiger partial charge is 0.497 e. The van der Waals surface area contributed by atoms with Crippen molar-refractivity contribution in [1.82, 2.24) is 4.57 Å². The molecule has 3 nitrogen and oxygen atoms in total. The first-order valence-electron chi connectivity index (χ1n) is 9.10. The topological polar surface area (TPSA) is 31.2 Å². The van der Waals surface area contributed by atoms with Crippen molar-refractivity contribution in [2.24, 2.45) is 0 Å². The second kappa shape index (κ2) is 7.12. The summed E-state index contributed by atoms with van der Waals surface area (Å²) in [6.07, 6.45) is 0.781. The van der Waals surface area contributed by atoms with E-state index in [1.807, 2.05) is 77.4 Å². The first-order chi connectivity index (χ1) is 13.2. The zero-order valence-corrected chi connectivity index (χ0v) is 15.5. The Hall–Kier alpha value is -3.33. The maximum Gasteiger partial charge on any atom is 0.263 e. The molecule has 0 bridgehead atoms. The highest BCUT2D eigenvalue weighted by Crippen LogP contribution is 2.30. The standard InChI is InChI=1S/C24H21NO2/c1-3-19-15-18-10-8-14-22(17-9-7-13-21(16-17)27-2)23(18)24(26)25(19)20-11-5-4-6-12-20/h4-16H,3H2,1-2H3. The Bertz CT molecular complexity index is 1160. The van der Waals surface area contributed by atoms with Crippen LogP contribution >= 0.6 is 0 Å². The van der Waals surface area contributed by atoms with Crippen LogP contribution in [-0.2, 0) is 6.42 Å². The molecule has 3 heteroatoms. The van der Waals surface area contributed by atoms with Gasteiger partial charge in [0.05, 0.1) is 12.5 Å². The summed E-state index contributed by atoms with van der Waals surface area (Å²) in [5, 5.41) is 1.69. The van der Waals surface area contributed by atoms with E-state index in [9.17, 15) is 4.79 Å². The van der Waals surface area contributed by atoms with E-state index in [0.717, 1.165) is 45.5 Å². The van der Waals surface area contributed by atoms with E-state index in [0.29, 0.717) is 0 Å². The number of para-hydroxylation sites is 1. The van der Waals surface area contributed by atoms with E-state index < -0.39 is 0 Å². The van der Waals surface area contributed by atoms with Crippen molar-refractivity contribution in [3.8, 4) is 22.6 Å². The van der Waals surface area contributed by atoms with E-state index >= 15 is 0 Å². The van der Waals surface area contributed by atoms with Crippen molar-refractivity contribution < 1.29 is 4.74 Å². The normalized spacial score (nSPS) is 10.9. The predicted molar refractivity (Wildman–Crippen MR) is 111 cm³/mol. The van der Waals surface area contributed by atoms with E-state index in [-0.39, 0.29) is 5.56 Å². The second-order valence-corrected chi connectivity index (χ2v) is 6.47. The molecule has 0 N–H and O–H groups in total. The molecule has 4 aromatic rings. The number of hydrogen-bond acceptors (Lipinski definition) is 2. The summed E-state index contributed by atoms with van der Waals surface area (Å²) in [5.74, 6) is 0.776. The van der Waals surface area contributed by atoms with Gasteiger partial charge in [0, 0.05) is 11.4 Å². The van der Waals surface area contributed by atoms with E-state index in [4.69, 9.17) is 4.74 Å². The van der Waals surface area contributed by atoms with Crippen molar-refractivity contribution >= 4 is 10.8 Å². The minimum absolute atomic E-state index is 0.00831. The molecule has 27 heavy (non-hydrogen) atoms. The molecule has 0 amide bonds. The Morgan fingerprint density at radius 3 is 2.41 bits per heavy atom. The fraction of sp³-hybridized carbons (Fsp3) is 0.125. The molecule has 0 aliphatic carbocycles. The number of aryl methyl sites for hydroxylation is 1. The van der Waals surface area contributed by atoms with Gasteiger partial charge in [-0.3, -0.25) is 9.36 Å². The average Bonchev–Trinajstić information content (AvgIpc) is 2.73. The van der Waals surface area contributed by atoms with E-state index in [2.05, 4.69) is 13.0 Å². The molecule has 0 atom stereocenters. The molecule has 1 aromatic heterocycles. The fourth-order valence-corrected chi connectivity index (χ4v) is 3.57. The molecular weight excluding hydrogens is 334 g/mol. The number of ether oxygens (including phenoxy) is 1. The number of rotatable bonds is 4. The number of hydrogen-bond donors (Lipinski definition) is 0. The first kappa shape index (κ1) is 17.1. The number of aromatic nitrogens is 1. The maximum atomic E-state index is 13.6. The highest BCUT2D eigenvalue weighted by molar-refractivity contribution is 5.96. The van der Waals surface area contributed by atoms with Gasteiger partial charge < -0.3 is 4.74 Å². The van der Waals surface area contributed by atoms with Gasteiger partial charge in [-0.25, -0.2) is 0 Å². The number of benzene rings is 3. The quantitative estimate of drug-likeness (QED) is 0.502.